The van der Waals surface area contributed by atoms with Gasteiger partial charge in [-0.25, -0.2) is 9.59 Å². The molecular formula is C34H45N3O6. The molecule has 3 aliphatic rings. The molecule has 0 unspecified atom stereocenters. The highest BCUT2D eigenvalue weighted by Gasteiger charge is 2.33. The summed E-state index contributed by atoms with van der Waals surface area (Å²) >= 11 is 0. The molecule has 9 nitrogen and oxygen atoms in total. The van der Waals surface area contributed by atoms with E-state index in [1.54, 1.807) is 9.80 Å². The topological polar surface area (TPSA) is 88.6 Å². The van der Waals surface area contributed by atoms with Gasteiger partial charge in [-0.05, 0) is 68.9 Å². The standard InChI is InChI=1S/C34H45N3O6/c1-34(2,3)43-33(40)37-17-16-28(23-37)42-30-15-14-27(22-29(30)26-12-8-5-9-13-26)31(38)35-18-20-36(21-19-35)32(39)41-24-25-10-6-4-7-11-25/h4,6-7,10-11,14-15,22,26,28H,5,8-9,12-13,16-21,23-24H2,1-3H3/t28-/m0/s1. The van der Waals surface area contributed by atoms with Crippen LogP contribution in [0.1, 0.15) is 86.7 Å². The van der Waals surface area contributed by atoms with E-state index in [2.05, 4.69) is 0 Å². The summed E-state index contributed by atoms with van der Waals surface area (Å²) in [6.45, 7) is 8.71. The Morgan fingerprint density at radius 3 is 2.19 bits per heavy atom. The Hall–Kier alpha value is -3.75. The van der Waals surface area contributed by atoms with Crippen LogP contribution < -0.4 is 4.74 Å². The summed E-state index contributed by atoms with van der Waals surface area (Å²) in [6.07, 6.45) is 5.68. The van der Waals surface area contributed by atoms with Gasteiger partial charge in [0.1, 0.15) is 24.1 Å². The van der Waals surface area contributed by atoms with Gasteiger partial charge in [0, 0.05) is 44.7 Å². The van der Waals surface area contributed by atoms with Crippen LogP contribution in [-0.2, 0) is 16.1 Å². The first-order valence-corrected chi connectivity index (χ1v) is 15.7. The summed E-state index contributed by atoms with van der Waals surface area (Å²) in [4.78, 5) is 44.0. The maximum absolute atomic E-state index is 13.6. The second-order valence-electron chi connectivity index (χ2n) is 12.9. The first-order chi connectivity index (χ1) is 20.7. The van der Waals surface area contributed by atoms with E-state index in [0.717, 1.165) is 36.1 Å². The van der Waals surface area contributed by atoms with Gasteiger partial charge in [0.15, 0.2) is 0 Å². The average Bonchev–Trinajstić information content (AvgIpc) is 3.49. The Kier molecular flexibility index (Phi) is 9.78. The van der Waals surface area contributed by atoms with E-state index in [4.69, 9.17) is 14.2 Å². The van der Waals surface area contributed by atoms with Crippen LogP contribution in [0.5, 0.6) is 5.75 Å². The fourth-order valence-corrected chi connectivity index (χ4v) is 6.10. The van der Waals surface area contributed by atoms with Crippen molar-refractivity contribution in [3.8, 4) is 5.75 Å². The molecule has 0 N–H and O–H groups in total. The third-order valence-electron chi connectivity index (χ3n) is 8.42. The summed E-state index contributed by atoms with van der Waals surface area (Å²) < 4.78 is 17.5. The van der Waals surface area contributed by atoms with Crippen LogP contribution in [0.2, 0.25) is 0 Å². The Morgan fingerprint density at radius 2 is 1.49 bits per heavy atom. The number of benzene rings is 2. The largest absolute Gasteiger partial charge is 0.488 e. The molecule has 5 rings (SSSR count). The Morgan fingerprint density at radius 1 is 0.791 bits per heavy atom. The number of ether oxygens (including phenoxy) is 3. The molecular weight excluding hydrogens is 546 g/mol. The van der Waals surface area contributed by atoms with Gasteiger partial charge in [-0.15, -0.1) is 0 Å². The Labute approximate surface area is 255 Å². The van der Waals surface area contributed by atoms with Crippen LogP contribution in [0, 0.1) is 0 Å². The van der Waals surface area contributed by atoms with Crippen molar-refractivity contribution < 1.29 is 28.6 Å². The minimum Gasteiger partial charge on any atom is -0.488 e. The predicted molar refractivity (Wildman–Crippen MR) is 163 cm³/mol. The lowest BCUT2D eigenvalue weighted by Gasteiger charge is -2.34. The number of carbonyl (C=O) groups is 3. The van der Waals surface area contributed by atoms with E-state index in [0.29, 0.717) is 50.7 Å². The number of likely N-dealkylation sites (tertiary alicyclic amines) is 1. The van der Waals surface area contributed by atoms with Crippen LogP contribution in [0.4, 0.5) is 9.59 Å². The number of hydrogen-bond donors (Lipinski definition) is 0. The first-order valence-electron chi connectivity index (χ1n) is 15.7. The molecule has 9 heteroatoms. The lowest BCUT2D eigenvalue weighted by atomic mass is 9.83. The van der Waals surface area contributed by atoms with E-state index < -0.39 is 5.60 Å². The molecule has 3 amide bonds. The SMILES string of the molecule is CC(C)(C)OC(=O)N1CC[C@H](Oc2ccc(C(=O)N3CCN(C(=O)OCc4ccccc4)CC3)cc2C2CCCCC2)C1. The molecule has 2 heterocycles. The average molecular weight is 592 g/mol. The zero-order valence-corrected chi connectivity index (χ0v) is 25.8. The maximum Gasteiger partial charge on any atom is 0.410 e. The monoisotopic (exact) mass is 591 g/mol. The van der Waals surface area contributed by atoms with Crippen molar-refractivity contribution in [2.24, 2.45) is 0 Å². The highest BCUT2D eigenvalue weighted by atomic mass is 16.6. The minimum atomic E-state index is -0.537. The van der Waals surface area contributed by atoms with Gasteiger partial charge >= 0.3 is 12.2 Å². The first kappa shape index (κ1) is 30.7. The molecule has 43 heavy (non-hydrogen) atoms. The van der Waals surface area contributed by atoms with Crippen molar-refractivity contribution in [1.29, 1.82) is 0 Å². The number of amides is 3. The molecule has 2 saturated heterocycles. The lowest BCUT2D eigenvalue weighted by molar-refractivity contribution is 0.0275. The van der Waals surface area contributed by atoms with Crippen molar-refractivity contribution >= 4 is 18.1 Å². The molecule has 3 fully saturated rings. The Balaban J connectivity index is 1.20. The number of nitrogens with zero attached hydrogens (tertiary/aromatic N) is 3. The van der Waals surface area contributed by atoms with Crippen molar-refractivity contribution in [2.75, 3.05) is 39.3 Å². The molecule has 0 bridgehead atoms. The molecule has 0 radical (unpaired) electrons. The van der Waals surface area contributed by atoms with Gasteiger partial charge in [0.05, 0.1) is 6.54 Å². The Bertz CT molecular complexity index is 1260. The fourth-order valence-electron chi connectivity index (χ4n) is 6.10. The quantitative estimate of drug-likeness (QED) is 0.397. The summed E-state index contributed by atoms with van der Waals surface area (Å²) in [5.74, 6) is 1.12. The molecule has 2 aliphatic heterocycles. The van der Waals surface area contributed by atoms with Gasteiger partial charge in [-0.2, -0.15) is 0 Å². The highest BCUT2D eigenvalue weighted by molar-refractivity contribution is 5.95. The van der Waals surface area contributed by atoms with Crippen molar-refractivity contribution in [3.63, 3.8) is 0 Å². The van der Waals surface area contributed by atoms with Gasteiger partial charge in [0.2, 0.25) is 0 Å². The summed E-state index contributed by atoms with van der Waals surface area (Å²) in [7, 11) is 0. The van der Waals surface area contributed by atoms with E-state index in [9.17, 15) is 14.4 Å². The van der Waals surface area contributed by atoms with E-state index in [-0.39, 0.29) is 30.8 Å². The van der Waals surface area contributed by atoms with Gasteiger partial charge in [-0.1, -0.05) is 49.6 Å². The smallest absolute Gasteiger partial charge is 0.410 e. The van der Waals surface area contributed by atoms with Crippen molar-refractivity contribution in [1.82, 2.24) is 14.7 Å². The van der Waals surface area contributed by atoms with Crippen LogP contribution in [-0.4, -0.2) is 83.8 Å². The molecule has 0 spiro atoms. The fraction of sp³-hybridized carbons (Fsp3) is 0.559. The summed E-state index contributed by atoms with van der Waals surface area (Å²) in [5.41, 5.74) is 2.14. The molecule has 1 saturated carbocycles. The predicted octanol–water partition coefficient (Wildman–Crippen LogP) is 6.22. The molecule has 1 aliphatic carbocycles. The molecule has 232 valence electrons. The second kappa shape index (κ2) is 13.7. The van der Waals surface area contributed by atoms with Crippen LogP contribution in [0.3, 0.4) is 0 Å². The molecule has 1 atom stereocenters. The second-order valence-corrected chi connectivity index (χ2v) is 12.9. The van der Waals surface area contributed by atoms with Gasteiger partial charge in [-0.3, -0.25) is 4.79 Å². The highest BCUT2D eigenvalue weighted by Crippen LogP contribution is 2.39. The minimum absolute atomic E-state index is 0.0297. The van der Waals surface area contributed by atoms with Crippen LogP contribution >= 0.6 is 0 Å². The lowest BCUT2D eigenvalue weighted by Crippen LogP contribution is -2.50. The molecule has 0 aromatic heterocycles. The van der Waals surface area contributed by atoms with Crippen LogP contribution in [0.25, 0.3) is 0 Å². The number of rotatable bonds is 6. The van der Waals surface area contributed by atoms with Gasteiger partial charge < -0.3 is 28.9 Å². The normalized spacial score (nSPS) is 19.7. The zero-order chi connectivity index (χ0) is 30.4. The summed E-state index contributed by atoms with van der Waals surface area (Å²) in [6, 6.07) is 15.4. The van der Waals surface area contributed by atoms with E-state index >= 15 is 0 Å². The molecule has 2 aromatic rings. The van der Waals surface area contributed by atoms with E-state index in [1.807, 2.05) is 74.2 Å². The number of hydrogen-bond acceptors (Lipinski definition) is 6. The zero-order valence-electron chi connectivity index (χ0n) is 25.8. The number of piperazine rings is 1. The van der Waals surface area contributed by atoms with Crippen molar-refractivity contribution in [3.05, 3.63) is 65.2 Å². The van der Waals surface area contributed by atoms with Crippen molar-refractivity contribution in [2.45, 2.75) is 83.5 Å². The third kappa shape index (κ3) is 8.21. The molecule has 2 aromatic carbocycles. The number of carbonyl (C=O) groups excluding carboxylic acids is 3. The van der Waals surface area contributed by atoms with E-state index in [1.165, 1.54) is 19.3 Å². The van der Waals surface area contributed by atoms with Crippen LogP contribution in [0.15, 0.2) is 48.5 Å². The maximum atomic E-state index is 13.6. The third-order valence-corrected chi connectivity index (χ3v) is 8.42. The summed E-state index contributed by atoms with van der Waals surface area (Å²) in [5, 5.41) is 0. The van der Waals surface area contributed by atoms with Gasteiger partial charge in [0.25, 0.3) is 5.91 Å².